The minimum atomic E-state index is -0.788. The predicted molar refractivity (Wildman–Crippen MR) is 86.3 cm³/mol. The van der Waals surface area contributed by atoms with Gasteiger partial charge in [-0.1, -0.05) is 19.3 Å². The Hall–Kier alpha value is -1.96. The molecule has 2 fully saturated rings. The van der Waals surface area contributed by atoms with Gasteiger partial charge >= 0.3 is 6.03 Å². The molecule has 124 valence electrons. The largest absolute Gasteiger partial charge is 0.325 e. The first-order valence-electron chi connectivity index (χ1n) is 7.79. The zero-order chi connectivity index (χ0) is 16.6. The number of hydrogen-bond donors (Lipinski definition) is 2. The van der Waals surface area contributed by atoms with Crippen LogP contribution in [0.5, 0.6) is 0 Å². The molecule has 2 aliphatic rings. The molecule has 1 aromatic rings. The van der Waals surface area contributed by atoms with Crippen LogP contribution in [0, 0.1) is 13.8 Å². The number of nitrogens with one attached hydrogen (secondary N) is 2. The summed E-state index contributed by atoms with van der Waals surface area (Å²) < 4.78 is 0. The van der Waals surface area contributed by atoms with E-state index in [1.165, 1.54) is 11.3 Å². The Morgan fingerprint density at radius 3 is 2.61 bits per heavy atom. The second-order valence-corrected chi connectivity index (χ2v) is 7.38. The quantitative estimate of drug-likeness (QED) is 0.825. The van der Waals surface area contributed by atoms with Gasteiger partial charge in [0.2, 0.25) is 5.91 Å². The highest BCUT2D eigenvalue weighted by atomic mass is 32.1. The first kappa shape index (κ1) is 15.9. The lowest BCUT2D eigenvalue weighted by Crippen LogP contribution is -2.48. The first-order chi connectivity index (χ1) is 10.9. The van der Waals surface area contributed by atoms with Crippen molar-refractivity contribution in [2.24, 2.45) is 0 Å². The third kappa shape index (κ3) is 2.95. The summed E-state index contributed by atoms with van der Waals surface area (Å²) >= 11 is 1.38. The topological polar surface area (TPSA) is 91.4 Å². The average Bonchev–Trinajstić information content (AvgIpc) is 2.92. The van der Waals surface area contributed by atoms with Gasteiger partial charge in [-0.15, -0.1) is 11.3 Å². The van der Waals surface area contributed by atoms with Crippen LogP contribution in [-0.4, -0.2) is 39.8 Å². The second-order valence-electron chi connectivity index (χ2n) is 6.17. The third-order valence-corrected chi connectivity index (χ3v) is 5.52. The molecule has 0 bridgehead atoms. The summed E-state index contributed by atoms with van der Waals surface area (Å²) in [4.78, 5) is 43.1. The molecule has 1 aliphatic carbocycles. The van der Waals surface area contributed by atoms with E-state index >= 15 is 0 Å². The molecular weight excluding hydrogens is 316 g/mol. The van der Waals surface area contributed by atoms with Crippen molar-refractivity contribution >= 4 is 34.3 Å². The normalized spacial score (nSPS) is 20.0. The zero-order valence-corrected chi connectivity index (χ0v) is 14.1. The van der Waals surface area contributed by atoms with E-state index in [4.69, 9.17) is 0 Å². The first-order valence-corrected chi connectivity index (χ1v) is 8.61. The molecule has 7 nitrogen and oxygen atoms in total. The van der Waals surface area contributed by atoms with E-state index in [0.717, 1.165) is 34.7 Å². The fourth-order valence-corrected chi connectivity index (χ4v) is 3.97. The summed E-state index contributed by atoms with van der Waals surface area (Å²) in [5.41, 5.74) is 0.0747. The molecule has 0 atom stereocenters. The Morgan fingerprint density at radius 1 is 1.30 bits per heavy atom. The molecule has 8 heteroatoms. The Bertz CT molecular complexity index is 644. The van der Waals surface area contributed by atoms with E-state index in [0.29, 0.717) is 18.0 Å². The number of rotatable bonds is 3. The molecule has 3 rings (SSSR count). The Labute approximate surface area is 138 Å². The van der Waals surface area contributed by atoms with Gasteiger partial charge in [-0.2, -0.15) is 0 Å². The molecule has 0 aromatic carbocycles. The highest BCUT2D eigenvalue weighted by Crippen LogP contribution is 2.33. The van der Waals surface area contributed by atoms with Crippen molar-refractivity contribution in [3.8, 4) is 0 Å². The highest BCUT2D eigenvalue weighted by Gasteiger charge is 2.51. The lowest BCUT2D eigenvalue weighted by atomic mass is 9.82. The number of carbonyl (C=O) groups excluding carboxylic acids is 3. The third-order valence-electron chi connectivity index (χ3n) is 4.53. The molecule has 1 aliphatic heterocycles. The standard InChI is InChI=1S/C15H20N4O3S/c1-9-10(2)23-13(16-9)17-11(20)8-19-12(21)15(18-14(19)22)6-4-3-5-7-15/h3-8H2,1-2H3,(H,18,22)(H,16,17,20). The van der Waals surface area contributed by atoms with Gasteiger partial charge in [0.15, 0.2) is 5.13 Å². The van der Waals surface area contributed by atoms with Crippen molar-refractivity contribution < 1.29 is 14.4 Å². The minimum Gasteiger partial charge on any atom is -0.323 e. The molecule has 1 spiro atoms. The maximum Gasteiger partial charge on any atom is 0.325 e. The number of hydrogen-bond acceptors (Lipinski definition) is 5. The van der Waals surface area contributed by atoms with Crippen LogP contribution in [0.3, 0.4) is 0 Å². The summed E-state index contributed by atoms with van der Waals surface area (Å²) in [6, 6.07) is -0.474. The van der Waals surface area contributed by atoms with Crippen molar-refractivity contribution in [2.45, 2.75) is 51.5 Å². The lowest BCUT2D eigenvalue weighted by molar-refractivity contribution is -0.134. The van der Waals surface area contributed by atoms with E-state index in [-0.39, 0.29) is 12.5 Å². The number of aryl methyl sites for hydroxylation is 2. The Balaban J connectivity index is 1.66. The van der Waals surface area contributed by atoms with E-state index < -0.39 is 17.5 Å². The fourth-order valence-electron chi connectivity index (χ4n) is 3.14. The minimum absolute atomic E-state index is 0.274. The number of nitrogens with zero attached hydrogens (tertiary/aromatic N) is 2. The van der Waals surface area contributed by atoms with Crippen LogP contribution in [0.4, 0.5) is 9.93 Å². The van der Waals surface area contributed by atoms with E-state index in [2.05, 4.69) is 15.6 Å². The molecule has 1 aromatic heterocycles. The van der Waals surface area contributed by atoms with E-state index in [1.54, 1.807) is 0 Å². The van der Waals surface area contributed by atoms with Crippen LogP contribution in [0.2, 0.25) is 0 Å². The smallest absolute Gasteiger partial charge is 0.323 e. The maximum atomic E-state index is 12.6. The van der Waals surface area contributed by atoms with Gasteiger partial charge < -0.3 is 10.6 Å². The highest BCUT2D eigenvalue weighted by molar-refractivity contribution is 7.15. The van der Waals surface area contributed by atoms with Crippen molar-refractivity contribution in [3.63, 3.8) is 0 Å². The van der Waals surface area contributed by atoms with Gasteiger partial charge in [0.1, 0.15) is 12.1 Å². The molecule has 2 heterocycles. The Morgan fingerprint density at radius 2 is 2.00 bits per heavy atom. The predicted octanol–water partition coefficient (Wildman–Crippen LogP) is 1.95. The number of imide groups is 1. The SMILES string of the molecule is Cc1nc(NC(=O)CN2C(=O)NC3(CCCCC3)C2=O)sc1C. The molecular formula is C15H20N4O3S. The van der Waals surface area contributed by atoms with Gasteiger partial charge in [0, 0.05) is 4.88 Å². The number of urea groups is 1. The molecule has 1 saturated heterocycles. The molecule has 1 saturated carbocycles. The van der Waals surface area contributed by atoms with Crippen LogP contribution < -0.4 is 10.6 Å². The van der Waals surface area contributed by atoms with Crippen LogP contribution in [0.25, 0.3) is 0 Å². The van der Waals surface area contributed by atoms with Crippen molar-refractivity contribution in [1.82, 2.24) is 15.2 Å². The van der Waals surface area contributed by atoms with E-state index in [1.807, 2.05) is 13.8 Å². The summed E-state index contributed by atoms with van der Waals surface area (Å²) in [7, 11) is 0. The van der Waals surface area contributed by atoms with Gasteiger partial charge in [0.05, 0.1) is 5.69 Å². The van der Waals surface area contributed by atoms with Crippen molar-refractivity contribution in [3.05, 3.63) is 10.6 Å². The summed E-state index contributed by atoms with van der Waals surface area (Å²) in [6.45, 7) is 3.52. The number of amides is 4. The average molecular weight is 336 g/mol. The molecule has 0 unspecified atom stereocenters. The summed E-state index contributed by atoms with van der Waals surface area (Å²) in [5, 5.41) is 5.94. The van der Waals surface area contributed by atoms with Gasteiger partial charge in [-0.3, -0.25) is 14.5 Å². The molecule has 23 heavy (non-hydrogen) atoms. The van der Waals surface area contributed by atoms with E-state index in [9.17, 15) is 14.4 Å². The summed E-state index contributed by atoms with van der Waals surface area (Å²) in [6.07, 6.45) is 4.22. The van der Waals surface area contributed by atoms with Gasteiger partial charge in [-0.25, -0.2) is 9.78 Å². The fraction of sp³-hybridized carbons (Fsp3) is 0.600. The van der Waals surface area contributed by atoms with Crippen LogP contribution in [0.1, 0.15) is 42.7 Å². The summed E-state index contributed by atoms with van der Waals surface area (Å²) in [5.74, 6) is -0.682. The van der Waals surface area contributed by atoms with Gasteiger partial charge in [-0.05, 0) is 26.7 Å². The van der Waals surface area contributed by atoms with Crippen molar-refractivity contribution in [1.29, 1.82) is 0 Å². The Kier molecular flexibility index (Phi) is 4.09. The molecule has 2 N–H and O–H groups in total. The van der Waals surface area contributed by atoms with Crippen LogP contribution in [0.15, 0.2) is 0 Å². The zero-order valence-electron chi connectivity index (χ0n) is 13.3. The number of thiazole rings is 1. The van der Waals surface area contributed by atoms with Crippen LogP contribution >= 0.6 is 11.3 Å². The molecule has 0 radical (unpaired) electrons. The van der Waals surface area contributed by atoms with Crippen molar-refractivity contribution in [2.75, 3.05) is 11.9 Å². The maximum absolute atomic E-state index is 12.6. The number of anilines is 1. The number of aromatic nitrogens is 1. The monoisotopic (exact) mass is 336 g/mol. The lowest BCUT2D eigenvalue weighted by Gasteiger charge is -2.30. The number of carbonyl (C=O) groups is 3. The van der Waals surface area contributed by atoms with Crippen LogP contribution in [-0.2, 0) is 9.59 Å². The molecule has 4 amide bonds. The van der Waals surface area contributed by atoms with Gasteiger partial charge in [0.25, 0.3) is 5.91 Å². The second kappa shape index (κ2) is 5.92.